The van der Waals surface area contributed by atoms with E-state index >= 15 is 0 Å². The molecule has 1 aromatic carbocycles. The molecule has 1 aliphatic heterocycles. The van der Waals surface area contributed by atoms with Crippen molar-refractivity contribution in [3.63, 3.8) is 0 Å². The maximum absolute atomic E-state index is 13.4. The predicted molar refractivity (Wildman–Crippen MR) is 113 cm³/mol. The average Bonchev–Trinajstić information content (AvgIpc) is 2.78. The number of nitrogens with zero attached hydrogens (tertiary/aromatic N) is 3. The summed E-state index contributed by atoms with van der Waals surface area (Å²) in [5, 5.41) is 2.71. The first-order valence-corrected chi connectivity index (χ1v) is 10.1. The Kier molecular flexibility index (Phi) is 7.22. The molecule has 1 N–H and O–H groups in total. The zero-order valence-electron chi connectivity index (χ0n) is 17.9. The summed E-state index contributed by atoms with van der Waals surface area (Å²) in [6.45, 7) is 0.314. The van der Waals surface area contributed by atoms with Gasteiger partial charge < -0.3 is 19.9 Å². The van der Waals surface area contributed by atoms with E-state index in [0.717, 1.165) is 6.07 Å². The van der Waals surface area contributed by atoms with Gasteiger partial charge in [0.15, 0.2) is 0 Å². The largest absolute Gasteiger partial charge is 0.497 e. The molecule has 1 aliphatic rings. The normalized spacial score (nSPS) is 16.4. The van der Waals surface area contributed by atoms with Crippen LogP contribution in [0.15, 0.2) is 42.6 Å². The number of likely N-dealkylation sites (N-methyl/N-ethyl adjacent to an activating group) is 1. The molecule has 2 aromatic rings. The van der Waals surface area contributed by atoms with E-state index in [1.807, 2.05) is 0 Å². The van der Waals surface area contributed by atoms with Gasteiger partial charge in [-0.3, -0.25) is 9.59 Å². The maximum Gasteiger partial charge on any atom is 0.419 e. The number of aromatic nitrogens is 1. The van der Waals surface area contributed by atoms with Gasteiger partial charge in [-0.15, -0.1) is 0 Å². The molecule has 1 atom stereocenters. The third-order valence-corrected chi connectivity index (χ3v) is 5.27. The fourth-order valence-electron chi connectivity index (χ4n) is 3.75. The van der Waals surface area contributed by atoms with Crippen LogP contribution >= 0.6 is 0 Å². The van der Waals surface area contributed by atoms with Crippen molar-refractivity contribution >= 4 is 23.3 Å². The van der Waals surface area contributed by atoms with Gasteiger partial charge in [-0.2, -0.15) is 13.2 Å². The Morgan fingerprint density at radius 3 is 2.78 bits per heavy atom. The summed E-state index contributed by atoms with van der Waals surface area (Å²) in [5.41, 5.74) is -0.284. The van der Waals surface area contributed by atoms with E-state index in [4.69, 9.17) is 4.74 Å². The molecule has 10 heteroatoms. The monoisotopic (exact) mass is 450 g/mol. The standard InChI is InChI=1S/C22H25F3N4O3/c1-28(14-19(30)27-16-7-3-8-17(12-16)32-2)21(31)15-6-5-11-29(13-15)20-18(22(23,24)25)9-4-10-26-20/h3-4,7-10,12,15H,5-6,11,13-14H2,1-2H3,(H,27,30). The molecule has 32 heavy (non-hydrogen) atoms. The number of methoxy groups -OCH3 is 1. The van der Waals surface area contributed by atoms with Crippen LogP contribution in [0.5, 0.6) is 5.75 Å². The van der Waals surface area contributed by atoms with Crippen molar-refractivity contribution < 1.29 is 27.5 Å². The number of amides is 2. The van der Waals surface area contributed by atoms with Gasteiger partial charge in [0, 0.05) is 38.1 Å². The maximum atomic E-state index is 13.4. The molecule has 1 aromatic heterocycles. The fraction of sp³-hybridized carbons (Fsp3) is 0.409. The molecular formula is C22H25F3N4O3. The molecule has 1 fully saturated rings. The summed E-state index contributed by atoms with van der Waals surface area (Å²) in [5.74, 6) is -0.787. The Balaban J connectivity index is 1.63. The molecule has 1 unspecified atom stereocenters. The third kappa shape index (κ3) is 5.68. The molecule has 2 heterocycles. The van der Waals surface area contributed by atoms with E-state index in [2.05, 4.69) is 10.3 Å². The highest BCUT2D eigenvalue weighted by Gasteiger charge is 2.37. The average molecular weight is 450 g/mol. The van der Waals surface area contributed by atoms with Crippen LogP contribution in [0.2, 0.25) is 0 Å². The summed E-state index contributed by atoms with van der Waals surface area (Å²) >= 11 is 0. The number of pyridine rings is 1. The first-order chi connectivity index (χ1) is 15.2. The van der Waals surface area contributed by atoms with Crippen molar-refractivity contribution in [2.45, 2.75) is 19.0 Å². The highest BCUT2D eigenvalue weighted by atomic mass is 19.4. The van der Waals surface area contributed by atoms with Gasteiger partial charge in [-0.25, -0.2) is 4.98 Å². The minimum absolute atomic E-state index is 0.112. The number of hydrogen-bond donors (Lipinski definition) is 1. The third-order valence-electron chi connectivity index (χ3n) is 5.27. The molecule has 0 saturated carbocycles. The Labute approximate surface area is 184 Å². The van der Waals surface area contributed by atoms with Gasteiger partial charge in [0.05, 0.1) is 25.1 Å². The second-order valence-electron chi connectivity index (χ2n) is 7.63. The van der Waals surface area contributed by atoms with Crippen LogP contribution in [-0.4, -0.2) is 55.5 Å². The number of nitrogens with one attached hydrogen (secondary N) is 1. The van der Waals surface area contributed by atoms with Gasteiger partial charge in [-0.05, 0) is 37.1 Å². The van der Waals surface area contributed by atoms with Crippen LogP contribution in [-0.2, 0) is 15.8 Å². The molecule has 1 saturated heterocycles. The van der Waals surface area contributed by atoms with Gasteiger partial charge in [0.25, 0.3) is 0 Å². The number of rotatable bonds is 6. The lowest BCUT2D eigenvalue weighted by Crippen LogP contribution is -2.46. The second kappa shape index (κ2) is 9.88. The zero-order chi connectivity index (χ0) is 23.3. The van der Waals surface area contributed by atoms with Gasteiger partial charge in [-0.1, -0.05) is 6.07 Å². The first kappa shape index (κ1) is 23.4. The van der Waals surface area contributed by atoms with Gasteiger partial charge in [0.2, 0.25) is 11.8 Å². The molecular weight excluding hydrogens is 425 g/mol. The summed E-state index contributed by atoms with van der Waals surface area (Å²) in [6, 6.07) is 9.06. The number of ether oxygens (including phenoxy) is 1. The minimum Gasteiger partial charge on any atom is -0.497 e. The number of piperidine rings is 1. The van der Waals surface area contributed by atoms with Crippen LogP contribution in [0, 0.1) is 5.92 Å². The highest BCUT2D eigenvalue weighted by Crippen LogP contribution is 2.36. The molecule has 2 amide bonds. The second-order valence-corrected chi connectivity index (χ2v) is 7.63. The van der Waals surface area contributed by atoms with Crippen LogP contribution in [0.25, 0.3) is 0 Å². The Bertz CT molecular complexity index is 967. The summed E-state index contributed by atoms with van der Waals surface area (Å²) < 4.78 is 45.2. The fourth-order valence-corrected chi connectivity index (χ4v) is 3.75. The lowest BCUT2D eigenvalue weighted by Gasteiger charge is -2.35. The molecule has 3 rings (SSSR count). The SMILES string of the molecule is COc1cccc(NC(=O)CN(C)C(=O)C2CCCN(c3ncccc3C(F)(F)F)C2)c1. The molecule has 0 bridgehead atoms. The van der Waals surface area contributed by atoms with E-state index in [9.17, 15) is 22.8 Å². The Morgan fingerprint density at radius 2 is 2.06 bits per heavy atom. The molecule has 7 nitrogen and oxygen atoms in total. The quantitative estimate of drug-likeness (QED) is 0.730. The van der Waals surface area contributed by atoms with Crippen LogP contribution in [0.3, 0.4) is 0 Å². The number of halogens is 3. The number of hydrogen-bond acceptors (Lipinski definition) is 5. The van der Waals surface area contributed by atoms with Crippen molar-refractivity contribution in [2.24, 2.45) is 5.92 Å². The first-order valence-electron chi connectivity index (χ1n) is 10.1. The molecule has 172 valence electrons. The van der Waals surface area contributed by atoms with E-state index in [1.54, 1.807) is 24.3 Å². The molecule has 0 aliphatic carbocycles. The van der Waals surface area contributed by atoms with E-state index in [0.29, 0.717) is 30.8 Å². The molecule has 0 radical (unpaired) electrons. The van der Waals surface area contributed by atoms with Crippen molar-refractivity contribution in [3.8, 4) is 5.75 Å². The Hall–Kier alpha value is -3.30. The van der Waals surface area contributed by atoms with Crippen LogP contribution in [0.4, 0.5) is 24.7 Å². The number of alkyl halides is 3. The molecule has 0 spiro atoms. The van der Waals surface area contributed by atoms with Crippen LogP contribution in [0.1, 0.15) is 18.4 Å². The Morgan fingerprint density at radius 1 is 1.28 bits per heavy atom. The van der Waals surface area contributed by atoms with E-state index in [-0.39, 0.29) is 30.7 Å². The lowest BCUT2D eigenvalue weighted by molar-refractivity contribution is -0.137. The van der Waals surface area contributed by atoms with Crippen molar-refractivity contribution in [3.05, 3.63) is 48.2 Å². The minimum atomic E-state index is -4.53. The highest BCUT2D eigenvalue weighted by molar-refractivity contribution is 5.95. The van der Waals surface area contributed by atoms with Crippen molar-refractivity contribution in [1.82, 2.24) is 9.88 Å². The summed E-state index contributed by atoms with van der Waals surface area (Å²) in [7, 11) is 3.03. The smallest absolute Gasteiger partial charge is 0.419 e. The van der Waals surface area contributed by atoms with Gasteiger partial charge in [0.1, 0.15) is 11.6 Å². The van der Waals surface area contributed by atoms with E-state index in [1.165, 1.54) is 36.2 Å². The van der Waals surface area contributed by atoms with Crippen LogP contribution < -0.4 is 15.0 Å². The number of carbonyl (C=O) groups is 2. The number of anilines is 2. The lowest BCUT2D eigenvalue weighted by atomic mass is 9.96. The number of benzene rings is 1. The summed E-state index contributed by atoms with van der Waals surface area (Å²) in [4.78, 5) is 32.0. The summed E-state index contributed by atoms with van der Waals surface area (Å²) in [6.07, 6.45) is -2.14. The predicted octanol–water partition coefficient (Wildman–Crippen LogP) is 3.42. The van der Waals surface area contributed by atoms with Crippen molar-refractivity contribution in [2.75, 3.05) is 44.0 Å². The van der Waals surface area contributed by atoms with E-state index < -0.39 is 17.7 Å². The van der Waals surface area contributed by atoms with Gasteiger partial charge >= 0.3 is 6.18 Å². The number of carbonyl (C=O) groups excluding carboxylic acids is 2. The van der Waals surface area contributed by atoms with Crippen molar-refractivity contribution in [1.29, 1.82) is 0 Å². The zero-order valence-corrected chi connectivity index (χ0v) is 17.9. The topological polar surface area (TPSA) is 74.8 Å².